The van der Waals surface area contributed by atoms with E-state index in [9.17, 15) is 9.90 Å². The third kappa shape index (κ3) is 6.65. The van der Waals surface area contributed by atoms with Crippen LogP contribution in [0.4, 0.5) is 0 Å². The molecule has 0 bridgehead atoms. The SMILES string of the molecule is CC(CCCl)C(=O)[O-].[Na+]. The predicted octanol–water partition coefficient (Wildman–Crippen LogP) is -2.99. The van der Waals surface area contributed by atoms with Crippen molar-refractivity contribution >= 4 is 17.6 Å². The van der Waals surface area contributed by atoms with Gasteiger partial charge in [0.1, 0.15) is 0 Å². The quantitative estimate of drug-likeness (QED) is 0.325. The molecule has 0 aromatic carbocycles. The Hall–Kier alpha value is 0.760. The minimum atomic E-state index is -1.02. The normalized spacial score (nSPS) is 11.8. The maximum atomic E-state index is 9.92. The zero-order valence-electron chi connectivity index (χ0n) is 5.69. The summed E-state index contributed by atoms with van der Waals surface area (Å²) in [5, 5.41) is 9.92. The zero-order valence-corrected chi connectivity index (χ0v) is 8.44. The molecule has 0 aromatic rings. The number of alkyl halides is 1. The van der Waals surface area contributed by atoms with E-state index in [1.807, 2.05) is 0 Å². The largest absolute Gasteiger partial charge is 1.00 e. The Morgan fingerprint density at radius 1 is 1.78 bits per heavy atom. The van der Waals surface area contributed by atoms with Crippen LogP contribution in [-0.4, -0.2) is 11.8 Å². The number of carbonyl (C=O) groups excluding carboxylic acids is 1. The van der Waals surface area contributed by atoms with E-state index >= 15 is 0 Å². The van der Waals surface area contributed by atoms with Gasteiger partial charge in [0.05, 0.1) is 0 Å². The molecule has 0 aliphatic carbocycles. The van der Waals surface area contributed by atoms with Crippen LogP contribution >= 0.6 is 11.6 Å². The van der Waals surface area contributed by atoms with Gasteiger partial charge in [0.2, 0.25) is 0 Å². The summed E-state index contributed by atoms with van der Waals surface area (Å²) in [6, 6.07) is 0. The maximum absolute atomic E-state index is 9.92. The van der Waals surface area contributed by atoms with E-state index in [0.29, 0.717) is 12.3 Å². The van der Waals surface area contributed by atoms with Crippen LogP contribution in [0.1, 0.15) is 13.3 Å². The summed E-state index contributed by atoms with van der Waals surface area (Å²) in [6.07, 6.45) is 0.490. The number of carboxylic acids is 1. The first-order chi connectivity index (χ1) is 3.68. The Balaban J connectivity index is 0. The Morgan fingerprint density at radius 2 is 2.22 bits per heavy atom. The number of carbonyl (C=O) groups is 1. The molecule has 0 aliphatic heterocycles. The van der Waals surface area contributed by atoms with Crippen molar-refractivity contribution in [2.45, 2.75) is 13.3 Å². The van der Waals surface area contributed by atoms with E-state index in [4.69, 9.17) is 11.6 Å². The van der Waals surface area contributed by atoms with Gasteiger partial charge in [-0.2, -0.15) is 0 Å². The monoisotopic (exact) mass is 158 g/mol. The van der Waals surface area contributed by atoms with Gasteiger partial charge in [-0.25, -0.2) is 0 Å². The fraction of sp³-hybridized carbons (Fsp3) is 0.800. The molecule has 0 heterocycles. The van der Waals surface area contributed by atoms with E-state index in [2.05, 4.69) is 0 Å². The molecule has 0 spiro atoms. The standard InChI is InChI=1S/C5H9ClO2.Na/c1-4(2-3-6)5(7)8;/h4H,2-3H2,1H3,(H,7,8);/q;+1/p-1. The molecule has 1 atom stereocenters. The average molecular weight is 159 g/mol. The molecule has 9 heavy (non-hydrogen) atoms. The second-order valence-electron chi connectivity index (χ2n) is 1.70. The molecule has 4 heteroatoms. The van der Waals surface area contributed by atoms with E-state index in [1.54, 1.807) is 6.92 Å². The van der Waals surface area contributed by atoms with Crippen LogP contribution in [0, 0.1) is 5.92 Å². The van der Waals surface area contributed by atoms with Gasteiger partial charge < -0.3 is 9.90 Å². The Bertz CT molecular complexity index is 87.0. The number of rotatable bonds is 3. The number of hydrogen-bond acceptors (Lipinski definition) is 2. The van der Waals surface area contributed by atoms with Gasteiger partial charge in [-0.1, -0.05) is 6.92 Å². The Morgan fingerprint density at radius 3 is 2.33 bits per heavy atom. The molecule has 0 saturated carbocycles. The minimum Gasteiger partial charge on any atom is -0.550 e. The van der Waals surface area contributed by atoms with Gasteiger partial charge in [-0.05, 0) is 12.3 Å². The number of halogens is 1. The zero-order chi connectivity index (χ0) is 6.57. The van der Waals surface area contributed by atoms with Gasteiger partial charge in [-0.15, -0.1) is 11.6 Å². The fourth-order valence-corrected chi connectivity index (χ4v) is 0.609. The van der Waals surface area contributed by atoms with Crippen LogP contribution in [0.5, 0.6) is 0 Å². The van der Waals surface area contributed by atoms with Crippen LogP contribution in [0.3, 0.4) is 0 Å². The molecule has 2 nitrogen and oxygen atoms in total. The summed E-state index contributed by atoms with van der Waals surface area (Å²) in [7, 11) is 0. The average Bonchev–Trinajstić information content (AvgIpc) is 1.67. The summed E-state index contributed by atoms with van der Waals surface area (Å²) in [4.78, 5) is 9.92. The number of hydrogen-bond donors (Lipinski definition) is 0. The first kappa shape index (κ1) is 12.4. The van der Waals surface area contributed by atoms with Gasteiger partial charge in [0, 0.05) is 11.8 Å². The molecule has 0 aliphatic rings. The second-order valence-corrected chi connectivity index (χ2v) is 2.08. The maximum Gasteiger partial charge on any atom is 1.00 e. The molecule has 0 amide bonds. The molecule has 0 fully saturated rings. The molecular formula is C5H8ClNaO2. The summed E-state index contributed by atoms with van der Waals surface area (Å²) < 4.78 is 0. The molecule has 0 radical (unpaired) electrons. The first-order valence-electron chi connectivity index (χ1n) is 2.45. The van der Waals surface area contributed by atoms with Gasteiger partial charge >= 0.3 is 29.6 Å². The predicted molar refractivity (Wildman–Crippen MR) is 29.5 cm³/mol. The molecule has 0 saturated heterocycles. The molecule has 1 unspecified atom stereocenters. The Labute approximate surface area is 81.9 Å². The minimum absolute atomic E-state index is 0. The van der Waals surface area contributed by atoms with Crippen LogP contribution in [0.2, 0.25) is 0 Å². The van der Waals surface area contributed by atoms with Crippen molar-refractivity contribution in [3.05, 3.63) is 0 Å². The van der Waals surface area contributed by atoms with Crippen LogP contribution in [0.25, 0.3) is 0 Å². The molecule has 0 rings (SSSR count). The Kier molecular flexibility index (Phi) is 9.50. The van der Waals surface area contributed by atoms with Crippen molar-refractivity contribution in [2.75, 3.05) is 5.88 Å². The number of carboxylic acid groups (broad SMARTS) is 1. The van der Waals surface area contributed by atoms with Crippen molar-refractivity contribution in [1.29, 1.82) is 0 Å². The smallest absolute Gasteiger partial charge is 0.550 e. The van der Waals surface area contributed by atoms with E-state index < -0.39 is 11.9 Å². The molecule has 0 N–H and O–H groups in total. The third-order valence-electron chi connectivity index (χ3n) is 0.944. The summed E-state index contributed by atoms with van der Waals surface area (Å²) in [6.45, 7) is 1.58. The van der Waals surface area contributed by atoms with Crippen LogP contribution < -0.4 is 34.7 Å². The van der Waals surface area contributed by atoms with Crippen molar-refractivity contribution in [3.8, 4) is 0 Å². The van der Waals surface area contributed by atoms with Crippen molar-refractivity contribution in [2.24, 2.45) is 5.92 Å². The molecule has 48 valence electrons. The van der Waals surface area contributed by atoms with Crippen LogP contribution in [0.15, 0.2) is 0 Å². The topological polar surface area (TPSA) is 40.1 Å². The van der Waals surface area contributed by atoms with Crippen molar-refractivity contribution in [3.63, 3.8) is 0 Å². The van der Waals surface area contributed by atoms with E-state index in [1.165, 1.54) is 0 Å². The number of aliphatic carboxylic acids is 1. The van der Waals surface area contributed by atoms with Crippen LogP contribution in [-0.2, 0) is 4.79 Å². The van der Waals surface area contributed by atoms with Crippen molar-refractivity contribution < 1.29 is 39.5 Å². The molecular weight excluding hydrogens is 150 g/mol. The van der Waals surface area contributed by atoms with Gasteiger partial charge in [0.25, 0.3) is 0 Å². The summed E-state index contributed by atoms with van der Waals surface area (Å²) in [5.74, 6) is -1.05. The second kappa shape index (κ2) is 6.87. The van der Waals surface area contributed by atoms with E-state index in [-0.39, 0.29) is 29.6 Å². The summed E-state index contributed by atoms with van der Waals surface area (Å²) in [5.41, 5.74) is 0. The molecule has 0 aromatic heterocycles. The summed E-state index contributed by atoms with van der Waals surface area (Å²) >= 11 is 5.25. The van der Waals surface area contributed by atoms with E-state index in [0.717, 1.165) is 0 Å². The third-order valence-corrected chi connectivity index (χ3v) is 1.16. The first-order valence-corrected chi connectivity index (χ1v) is 2.98. The van der Waals surface area contributed by atoms with Crippen molar-refractivity contribution in [1.82, 2.24) is 0 Å². The fourth-order valence-electron chi connectivity index (χ4n) is 0.282. The van der Waals surface area contributed by atoms with Gasteiger partial charge in [-0.3, -0.25) is 0 Å². The van der Waals surface area contributed by atoms with Gasteiger partial charge in [0.15, 0.2) is 0 Å².